The number of furan rings is 1. The fraction of sp³-hybridized carbons (Fsp3) is 0.545. The molecule has 1 aliphatic rings. The van der Waals surface area contributed by atoms with Crippen molar-refractivity contribution in [2.45, 2.75) is 25.8 Å². The Balaban J connectivity index is 2.18. The van der Waals surface area contributed by atoms with E-state index in [1.165, 1.54) is 0 Å². The van der Waals surface area contributed by atoms with Crippen LogP contribution in [0.5, 0.6) is 0 Å². The highest BCUT2D eigenvalue weighted by Gasteiger charge is 2.29. The predicted molar refractivity (Wildman–Crippen MR) is 56.6 cm³/mol. The molecule has 1 amide bonds. The van der Waals surface area contributed by atoms with Gasteiger partial charge in [0.25, 0.3) is 5.91 Å². The van der Waals surface area contributed by atoms with Crippen LogP contribution in [-0.4, -0.2) is 29.9 Å². The summed E-state index contributed by atoms with van der Waals surface area (Å²) in [6, 6.07) is 1.93. The quantitative estimate of drug-likeness (QED) is 0.793. The van der Waals surface area contributed by atoms with Crippen molar-refractivity contribution in [3.05, 3.63) is 23.7 Å². The maximum atomic E-state index is 12.1. The fourth-order valence-electron chi connectivity index (χ4n) is 2.11. The third kappa shape index (κ3) is 1.77. The van der Waals surface area contributed by atoms with Gasteiger partial charge < -0.3 is 15.1 Å². The van der Waals surface area contributed by atoms with Gasteiger partial charge >= 0.3 is 0 Å². The molecule has 0 aromatic carbocycles. The molecule has 1 aromatic rings. The van der Waals surface area contributed by atoms with Crippen LogP contribution in [0.15, 0.2) is 16.7 Å². The van der Waals surface area contributed by atoms with E-state index in [-0.39, 0.29) is 11.9 Å². The van der Waals surface area contributed by atoms with Crippen molar-refractivity contribution >= 4 is 5.91 Å². The second-order valence-corrected chi connectivity index (χ2v) is 3.92. The zero-order valence-electron chi connectivity index (χ0n) is 8.90. The second kappa shape index (κ2) is 4.06. The van der Waals surface area contributed by atoms with Gasteiger partial charge in [-0.15, -0.1) is 0 Å². The van der Waals surface area contributed by atoms with E-state index in [2.05, 4.69) is 0 Å². The number of rotatable bonds is 2. The van der Waals surface area contributed by atoms with Gasteiger partial charge in [0.2, 0.25) is 0 Å². The first-order valence-corrected chi connectivity index (χ1v) is 5.29. The number of nitrogens with zero attached hydrogens (tertiary/aromatic N) is 1. The van der Waals surface area contributed by atoms with Gasteiger partial charge in [0.05, 0.1) is 11.8 Å². The largest absolute Gasteiger partial charge is 0.469 e. The average molecular weight is 208 g/mol. The Hall–Kier alpha value is -1.29. The lowest BCUT2D eigenvalue weighted by Crippen LogP contribution is -2.39. The van der Waals surface area contributed by atoms with Crippen LogP contribution < -0.4 is 5.73 Å². The van der Waals surface area contributed by atoms with E-state index < -0.39 is 0 Å². The molecule has 1 aromatic heterocycles. The summed E-state index contributed by atoms with van der Waals surface area (Å²) < 4.78 is 5.14. The molecular weight excluding hydrogens is 192 g/mol. The van der Waals surface area contributed by atoms with Gasteiger partial charge in [0.15, 0.2) is 0 Å². The van der Waals surface area contributed by atoms with E-state index in [1.54, 1.807) is 19.3 Å². The maximum Gasteiger partial charge on any atom is 0.257 e. The minimum Gasteiger partial charge on any atom is -0.469 e. The number of likely N-dealkylation sites (tertiary alicyclic amines) is 1. The Kier molecular flexibility index (Phi) is 2.77. The van der Waals surface area contributed by atoms with Gasteiger partial charge in [-0.05, 0) is 25.8 Å². The minimum absolute atomic E-state index is 0.0502. The topological polar surface area (TPSA) is 59.5 Å². The lowest BCUT2D eigenvalue weighted by molar-refractivity contribution is 0.0739. The number of amides is 1. The van der Waals surface area contributed by atoms with Crippen molar-refractivity contribution in [3.8, 4) is 0 Å². The molecule has 2 N–H and O–H groups in total. The molecule has 1 unspecified atom stereocenters. The summed E-state index contributed by atoms with van der Waals surface area (Å²) in [5.74, 6) is 0.733. The number of hydrogen-bond donors (Lipinski definition) is 1. The Morgan fingerprint density at radius 1 is 1.73 bits per heavy atom. The highest BCUT2D eigenvalue weighted by Crippen LogP contribution is 2.21. The van der Waals surface area contributed by atoms with Gasteiger partial charge in [-0.25, -0.2) is 0 Å². The average Bonchev–Trinajstić information content (AvgIpc) is 2.84. The van der Waals surface area contributed by atoms with E-state index in [4.69, 9.17) is 10.2 Å². The van der Waals surface area contributed by atoms with Gasteiger partial charge in [-0.1, -0.05) is 0 Å². The molecule has 82 valence electrons. The summed E-state index contributed by atoms with van der Waals surface area (Å²) in [6.45, 7) is 3.16. The van der Waals surface area contributed by atoms with E-state index in [0.29, 0.717) is 17.9 Å². The SMILES string of the molecule is Cc1occc1C(=O)N1CCCC1CN. The molecule has 0 aliphatic carbocycles. The van der Waals surface area contributed by atoms with E-state index in [1.807, 2.05) is 4.90 Å². The molecule has 0 spiro atoms. The Bertz CT molecular complexity index is 359. The molecule has 1 aliphatic heterocycles. The number of hydrogen-bond acceptors (Lipinski definition) is 3. The zero-order chi connectivity index (χ0) is 10.8. The Labute approximate surface area is 89.0 Å². The highest BCUT2D eigenvalue weighted by atomic mass is 16.3. The normalized spacial score (nSPS) is 20.9. The van der Waals surface area contributed by atoms with Crippen molar-refractivity contribution in [1.29, 1.82) is 0 Å². The van der Waals surface area contributed by atoms with Gasteiger partial charge in [0, 0.05) is 19.1 Å². The van der Waals surface area contributed by atoms with Crippen molar-refractivity contribution in [2.75, 3.05) is 13.1 Å². The summed E-state index contributed by atoms with van der Waals surface area (Å²) >= 11 is 0. The summed E-state index contributed by atoms with van der Waals surface area (Å²) in [4.78, 5) is 14.0. The van der Waals surface area contributed by atoms with Crippen molar-refractivity contribution < 1.29 is 9.21 Å². The number of nitrogens with two attached hydrogens (primary N) is 1. The molecule has 15 heavy (non-hydrogen) atoms. The highest BCUT2D eigenvalue weighted by molar-refractivity contribution is 5.95. The van der Waals surface area contributed by atoms with Gasteiger partial charge in [-0.2, -0.15) is 0 Å². The molecule has 2 rings (SSSR count). The van der Waals surface area contributed by atoms with Crippen LogP contribution in [0.4, 0.5) is 0 Å². The molecule has 4 nitrogen and oxygen atoms in total. The monoisotopic (exact) mass is 208 g/mol. The lowest BCUT2D eigenvalue weighted by Gasteiger charge is -2.23. The number of carbonyl (C=O) groups excluding carboxylic acids is 1. The van der Waals surface area contributed by atoms with Gasteiger partial charge in [0.1, 0.15) is 5.76 Å². The van der Waals surface area contributed by atoms with Crippen LogP contribution in [0.25, 0.3) is 0 Å². The van der Waals surface area contributed by atoms with Crippen molar-refractivity contribution in [2.24, 2.45) is 5.73 Å². The molecule has 2 heterocycles. The van der Waals surface area contributed by atoms with Crippen LogP contribution in [0.3, 0.4) is 0 Å². The van der Waals surface area contributed by atoms with E-state index in [0.717, 1.165) is 19.4 Å². The fourth-order valence-corrected chi connectivity index (χ4v) is 2.11. The molecule has 0 radical (unpaired) electrons. The molecule has 0 saturated carbocycles. The smallest absolute Gasteiger partial charge is 0.257 e. The Morgan fingerprint density at radius 3 is 3.13 bits per heavy atom. The molecule has 1 atom stereocenters. The molecule has 0 bridgehead atoms. The first kappa shape index (κ1) is 10.2. The van der Waals surface area contributed by atoms with Crippen LogP contribution in [-0.2, 0) is 0 Å². The summed E-state index contributed by atoms with van der Waals surface area (Å²) in [5.41, 5.74) is 6.30. The third-order valence-corrected chi connectivity index (χ3v) is 3.00. The second-order valence-electron chi connectivity index (χ2n) is 3.92. The molecule has 4 heteroatoms. The van der Waals surface area contributed by atoms with Crippen molar-refractivity contribution in [1.82, 2.24) is 4.90 Å². The zero-order valence-corrected chi connectivity index (χ0v) is 8.90. The third-order valence-electron chi connectivity index (χ3n) is 3.00. The van der Waals surface area contributed by atoms with Crippen LogP contribution in [0, 0.1) is 6.92 Å². The van der Waals surface area contributed by atoms with E-state index >= 15 is 0 Å². The van der Waals surface area contributed by atoms with Crippen LogP contribution >= 0.6 is 0 Å². The Morgan fingerprint density at radius 2 is 2.53 bits per heavy atom. The lowest BCUT2D eigenvalue weighted by atomic mass is 10.2. The predicted octanol–water partition coefficient (Wildman–Crippen LogP) is 1.15. The standard InChI is InChI=1S/C11H16N2O2/c1-8-10(4-6-15-8)11(14)13-5-2-3-9(13)7-12/h4,6,9H,2-3,5,7,12H2,1H3. The summed E-state index contributed by atoms with van der Waals surface area (Å²) in [7, 11) is 0. The number of aryl methyl sites for hydroxylation is 1. The van der Waals surface area contributed by atoms with Gasteiger partial charge in [-0.3, -0.25) is 4.79 Å². The van der Waals surface area contributed by atoms with E-state index in [9.17, 15) is 4.79 Å². The molecule has 1 saturated heterocycles. The molecular formula is C11H16N2O2. The van der Waals surface area contributed by atoms with Crippen LogP contribution in [0.2, 0.25) is 0 Å². The van der Waals surface area contributed by atoms with Crippen molar-refractivity contribution in [3.63, 3.8) is 0 Å². The number of carbonyl (C=O) groups is 1. The summed E-state index contributed by atoms with van der Waals surface area (Å²) in [5, 5.41) is 0. The molecule has 1 fully saturated rings. The maximum absolute atomic E-state index is 12.1. The minimum atomic E-state index is 0.0502. The first-order chi connectivity index (χ1) is 7.24. The van der Waals surface area contributed by atoms with Crippen LogP contribution in [0.1, 0.15) is 29.0 Å². The first-order valence-electron chi connectivity index (χ1n) is 5.29. The summed E-state index contributed by atoms with van der Waals surface area (Å²) in [6.07, 6.45) is 3.61.